The fraction of sp³-hybridized carbons (Fsp3) is 0.333. The Balaban J connectivity index is 2.28. The lowest BCUT2D eigenvalue weighted by Crippen LogP contribution is -1.90. The summed E-state index contributed by atoms with van der Waals surface area (Å²) in [7, 11) is 0. The third-order valence-electron chi connectivity index (χ3n) is 1.46. The minimum Gasteiger partial charge on any atom is -0.354 e. The highest BCUT2D eigenvalue weighted by atomic mass is 14.9. The molecule has 0 N–H and O–H groups in total. The molecule has 1 rings (SSSR count). The average Bonchev–Trinajstić information content (AvgIpc) is 2.41. The maximum atomic E-state index is 2.18. The first-order valence-electron chi connectivity index (χ1n) is 3.65. The van der Waals surface area contributed by atoms with Gasteiger partial charge in [0.05, 0.1) is 0 Å². The first-order valence-corrected chi connectivity index (χ1v) is 3.65. The SMILES string of the molecule is C/C=C/CCn1cccc1. The number of hydrogen-bond acceptors (Lipinski definition) is 0. The molecule has 0 aliphatic rings. The van der Waals surface area contributed by atoms with E-state index in [0.29, 0.717) is 0 Å². The fourth-order valence-corrected chi connectivity index (χ4v) is 0.910. The monoisotopic (exact) mass is 135 g/mol. The van der Waals surface area contributed by atoms with E-state index in [4.69, 9.17) is 0 Å². The molecule has 0 saturated carbocycles. The molecule has 0 bridgehead atoms. The van der Waals surface area contributed by atoms with E-state index in [1.54, 1.807) is 0 Å². The highest BCUT2D eigenvalue weighted by Crippen LogP contribution is 1.93. The highest BCUT2D eigenvalue weighted by Gasteiger charge is 1.83. The van der Waals surface area contributed by atoms with Crippen LogP contribution in [0.15, 0.2) is 36.7 Å². The summed E-state index contributed by atoms with van der Waals surface area (Å²) in [5.41, 5.74) is 0. The number of allylic oxidation sites excluding steroid dienone is 2. The molecule has 0 aromatic carbocycles. The van der Waals surface area contributed by atoms with Crippen LogP contribution in [0, 0.1) is 0 Å². The minimum absolute atomic E-state index is 1.09. The number of aromatic nitrogens is 1. The largest absolute Gasteiger partial charge is 0.354 e. The van der Waals surface area contributed by atoms with Crippen LogP contribution in [0.5, 0.6) is 0 Å². The number of rotatable bonds is 3. The summed E-state index contributed by atoms with van der Waals surface area (Å²) in [6, 6.07) is 4.10. The van der Waals surface area contributed by atoms with E-state index in [2.05, 4.69) is 48.2 Å². The molecule has 1 aromatic rings. The second kappa shape index (κ2) is 3.94. The number of hydrogen-bond donors (Lipinski definition) is 0. The normalized spacial score (nSPS) is 10.9. The van der Waals surface area contributed by atoms with Crippen LogP contribution >= 0.6 is 0 Å². The van der Waals surface area contributed by atoms with Gasteiger partial charge in [0, 0.05) is 18.9 Å². The summed E-state index contributed by atoms with van der Waals surface area (Å²) in [5, 5.41) is 0. The zero-order valence-corrected chi connectivity index (χ0v) is 6.33. The molecule has 54 valence electrons. The third-order valence-corrected chi connectivity index (χ3v) is 1.46. The Hall–Kier alpha value is -0.980. The van der Waals surface area contributed by atoms with Gasteiger partial charge in [-0.3, -0.25) is 0 Å². The molecule has 1 aromatic heterocycles. The van der Waals surface area contributed by atoms with Gasteiger partial charge in [0.2, 0.25) is 0 Å². The molecule has 0 aliphatic heterocycles. The molecule has 0 radical (unpaired) electrons. The Morgan fingerprint density at radius 1 is 1.30 bits per heavy atom. The van der Waals surface area contributed by atoms with Crippen molar-refractivity contribution in [1.82, 2.24) is 4.57 Å². The van der Waals surface area contributed by atoms with Gasteiger partial charge in [-0.2, -0.15) is 0 Å². The zero-order valence-electron chi connectivity index (χ0n) is 6.33. The summed E-state index contributed by atoms with van der Waals surface area (Å²) >= 11 is 0. The number of aryl methyl sites for hydroxylation is 1. The molecule has 0 spiro atoms. The molecule has 0 fully saturated rings. The molecule has 0 amide bonds. The van der Waals surface area contributed by atoms with Crippen molar-refractivity contribution in [3.8, 4) is 0 Å². The van der Waals surface area contributed by atoms with Crippen LogP contribution in [-0.4, -0.2) is 4.57 Å². The van der Waals surface area contributed by atoms with Gasteiger partial charge in [0.25, 0.3) is 0 Å². The van der Waals surface area contributed by atoms with Crippen molar-refractivity contribution >= 4 is 0 Å². The van der Waals surface area contributed by atoms with Crippen LogP contribution in [0.1, 0.15) is 13.3 Å². The van der Waals surface area contributed by atoms with Crippen molar-refractivity contribution in [1.29, 1.82) is 0 Å². The molecule has 1 heteroatoms. The van der Waals surface area contributed by atoms with E-state index in [-0.39, 0.29) is 0 Å². The van der Waals surface area contributed by atoms with Crippen molar-refractivity contribution in [3.63, 3.8) is 0 Å². The smallest absolute Gasteiger partial charge is 0.0254 e. The van der Waals surface area contributed by atoms with Crippen LogP contribution in [0.4, 0.5) is 0 Å². The molecule has 0 saturated heterocycles. The summed E-state index contributed by atoms with van der Waals surface area (Å²) in [4.78, 5) is 0. The van der Waals surface area contributed by atoms with Crippen molar-refractivity contribution in [2.24, 2.45) is 0 Å². The van der Waals surface area contributed by atoms with Crippen molar-refractivity contribution in [3.05, 3.63) is 36.7 Å². The Labute approximate surface area is 62.0 Å². The van der Waals surface area contributed by atoms with E-state index in [9.17, 15) is 0 Å². The quantitative estimate of drug-likeness (QED) is 0.561. The van der Waals surface area contributed by atoms with Crippen LogP contribution in [0.25, 0.3) is 0 Å². The second-order valence-electron chi connectivity index (χ2n) is 2.28. The first-order chi connectivity index (χ1) is 4.93. The van der Waals surface area contributed by atoms with Crippen molar-refractivity contribution < 1.29 is 0 Å². The maximum absolute atomic E-state index is 2.18. The van der Waals surface area contributed by atoms with Gasteiger partial charge in [-0.1, -0.05) is 12.2 Å². The van der Waals surface area contributed by atoms with Gasteiger partial charge < -0.3 is 4.57 Å². The van der Waals surface area contributed by atoms with E-state index in [1.807, 2.05) is 0 Å². The van der Waals surface area contributed by atoms with Crippen LogP contribution in [0.3, 0.4) is 0 Å². The van der Waals surface area contributed by atoms with Crippen LogP contribution < -0.4 is 0 Å². The summed E-state index contributed by atoms with van der Waals surface area (Å²) < 4.78 is 2.18. The lowest BCUT2D eigenvalue weighted by molar-refractivity contribution is 0.714. The second-order valence-corrected chi connectivity index (χ2v) is 2.28. The average molecular weight is 135 g/mol. The highest BCUT2D eigenvalue weighted by molar-refractivity contribution is 4.91. The molecular formula is C9H13N. The standard InChI is InChI=1S/C9H13N/c1-2-3-4-7-10-8-5-6-9-10/h2-3,5-6,8-9H,4,7H2,1H3/b3-2+. The fourth-order valence-electron chi connectivity index (χ4n) is 0.910. The van der Waals surface area contributed by atoms with Gasteiger partial charge in [-0.05, 0) is 25.5 Å². The topological polar surface area (TPSA) is 4.93 Å². The summed E-state index contributed by atoms with van der Waals surface area (Å²) in [6.07, 6.45) is 9.57. The predicted molar refractivity (Wildman–Crippen MR) is 43.9 cm³/mol. The Bertz CT molecular complexity index is 185. The molecule has 1 heterocycles. The predicted octanol–water partition coefficient (Wildman–Crippen LogP) is 2.45. The van der Waals surface area contributed by atoms with Crippen LogP contribution in [-0.2, 0) is 6.54 Å². The third kappa shape index (κ3) is 2.09. The Morgan fingerprint density at radius 3 is 2.60 bits per heavy atom. The zero-order chi connectivity index (χ0) is 7.23. The summed E-state index contributed by atoms with van der Waals surface area (Å²) in [6.45, 7) is 3.15. The van der Waals surface area contributed by atoms with E-state index < -0.39 is 0 Å². The summed E-state index contributed by atoms with van der Waals surface area (Å²) in [5.74, 6) is 0. The van der Waals surface area contributed by atoms with Gasteiger partial charge in [0.1, 0.15) is 0 Å². The van der Waals surface area contributed by atoms with E-state index in [0.717, 1.165) is 13.0 Å². The maximum Gasteiger partial charge on any atom is 0.0254 e. The van der Waals surface area contributed by atoms with Gasteiger partial charge >= 0.3 is 0 Å². The van der Waals surface area contributed by atoms with Gasteiger partial charge in [0.15, 0.2) is 0 Å². The molecule has 0 aliphatic carbocycles. The lowest BCUT2D eigenvalue weighted by atomic mass is 10.4. The lowest BCUT2D eigenvalue weighted by Gasteiger charge is -1.96. The van der Waals surface area contributed by atoms with E-state index in [1.165, 1.54) is 0 Å². The molecule has 10 heavy (non-hydrogen) atoms. The molecule has 0 atom stereocenters. The van der Waals surface area contributed by atoms with E-state index >= 15 is 0 Å². The molecule has 1 nitrogen and oxygen atoms in total. The number of nitrogens with zero attached hydrogens (tertiary/aromatic N) is 1. The van der Waals surface area contributed by atoms with Gasteiger partial charge in [-0.15, -0.1) is 0 Å². The first kappa shape index (κ1) is 7.13. The van der Waals surface area contributed by atoms with Gasteiger partial charge in [-0.25, -0.2) is 0 Å². The Kier molecular flexibility index (Phi) is 2.81. The van der Waals surface area contributed by atoms with Crippen LogP contribution in [0.2, 0.25) is 0 Å². The molecular weight excluding hydrogens is 122 g/mol. The molecule has 0 unspecified atom stereocenters. The minimum atomic E-state index is 1.09. The Morgan fingerprint density at radius 2 is 2.00 bits per heavy atom. The van der Waals surface area contributed by atoms with Crippen molar-refractivity contribution in [2.75, 3.05) is 0 Å². The van der Waals surface area contributed by atoms with Crippen molar-refractivity contribution in [2.45, 2.75) is 19.9 Å².